The minimum atomic E-state index is -0.695. The van der Waals surface area contributed by atoms with Crippen LogP contribution in [0.15, 0.2) is 72.8 Å². The molecule has 0 saturated carbocycles. The molecule has 1 amide bonds. The molecule has 10 heteroatoms. The van der Waals surface area contributed by atoms with Crippen LogP contribution in [0.4, 0.5) is 5.69 Å². The fraction of sp³-hybridized carbons (Fsp3) is 0.185. The van der Waals surface area contributed by atoms with Gasteiger partial charge in [-0.3, -0.25) is 14.4 Å². The Morgan fingerprint density at radius 2 is 1.68 bits per heavy atom. The van der Waals surface area contributed by atoms with E-state index in [0.29, 0.717) is 17.9 Å². The number of H-pyrrole nitrogens is 1. The molecule has 10 nitrogen and oxygen atoms in total. The Morgan fingerprint density at radius 1 is 0.892 bits per heavy atom. The number of amides is 1. The third-order valence-corrected chi connectivity index (χ3v) is 5.57. The normalized spacial score (nSPS) is 10.6. The Bertz CT molecular complexity index is 1360. The number of phenolic OH excluding ortho intramolecular Hbond substituents is 1. The summed E-state index contributed by atoms with van der Waals surface area (Å²) in [6.07, 6.45) is 2.31. The lowest BCUT2D eigenvalue weighted by Crippen LogP contribution is -2.17. The van der Waals surface area contributed by atoms with Crippen molar-refractivity contribution in [3.05, 3.63) is 95.3 Å². The van der Waals surface area contributed by atoms with Crippen LogP contribution in [0.25, 0.3) is 0 Å². The highest BCUT2D eigenvalue weighted by Crippen LogP contribution is 2.28. The van der Waals surface area contributed by atoms with E-state index in [1.54, 1.807) is 24.3 Å². The molecule has 4 rings (SSSR count). The number of carbonyl (C=O) groups excluding carboxylic acids is 3. The van der Waals surface area contributed by atoms with Crippen LogP contribution in [0.5, 0.6) is 11.5 Å². The first-order valence-corrected chi connectivity index (χ1v) is 11.7. The molecule has 0 aliphatic carbocycles. The van der Waals surface area contributed by atoms with Crippen molar-refractivity contribution in [2.45, 2.75) is 25.7 Å². The SMILES string of the molecule is O=C(Nc1cccc(O)c1C(=O)CC(=O)c1nn[nH]n1)c1ccc(OCCCCc2ccccc2)cc1. The van der Waals surface area contributed by atoms with Crippen LogP contribution in [0.2, 0.25) is 0 Å². The molecule has 188 valence electrons. The molecule has 0 radical (unpaired) electrons. The van der Waals surface area contributed by atoms with Crippen LogP contribution in [0.3, 0.4) is 0 Å². The van der Waals surface area contributed by atoms with E-state index >= 15 is 0 Å². The number of ketones is 2. The first-order chi connectivity index (χ1) is 18.0. The second-order valence-corrected chi connectivity index (χ2v) is 8.23. The van der Waals surface area contributed by atoms with Gasteiger partial charge in [-0.1, -0.05) is 36.4 Å². The third-order valence-electron chi connectivity index (χ3n) is 5.57. The number of nitrogens with zero attached hydrogens (tertiary/aromatic N) is 3. The van der Waals surface area contributed by atoms with Crippen LogP contribution in [-0.2, 0) is 6.42 Å². The molecule has 1 aromatic heterocycles. The van der Waals surface area contributed by atoms with E-state index in [-0.39, 0.29) is 22.8 Å². The average Bonchev–Trinajstić information content (AvgIpc) is 3.45. The molecule has 0 aliphatic rings. The fourth-order valence-electron chi connectivity index (χ4n) is 3.69. The summed E-state index contributed by atoms with van der Waals surface area (Å²) in [7, 11) is 0. The fourth-order valence-corrected chi connectivity index (χ4v) is 3.69. The van der Waals surface area contributed by atoms with E-state index in [0.717, 1.165) is 19.3 Å². The van der Waals surface area contributed by atoms with Gasteiger partial charge >= 0.3 is 0 Å². The Kier molecular flexibility index (Phi) is 8.33. The number of unbranched alkanes of at least 4 members (excludes halogenated alkanes) is 1. The molecule has 1 heterocycles. The number of aromatic amines is 1. The number of tetrazole rings is 1. The highest BCUT2D eigenvalue weighted by atomic mass is 16.5. The van der Waals surface area contributed by atoms with E-state index in [4.69, 9.17) is 4.74 Å². The number of rotatable bonds is 12. The van der Waals surface area contributed by atoms with Crippen LogP contribution < -0.4 is 10.1 Å². The van der Waals surface area contributed by atoms with Crippen molar-refractivity contribution in [1.29, 1.82) is 0 Å². The van der Waals surface area contributed by atoms with E-state index in [1.807, 2.05) is 18.2 Å². The number of benzene rings is 3. The van der Waals surface area contributed by atoms with Gasteiger partial charge in [-0.05, 0) is 66.4 Å². The Hall–Kier alpha value is -4.86. The van der Waals surface area contributed by atoms with Crippen molar-refractivity contribution in [2.75, 3.05) is 11.9 Å². The lowest BCUT2D eigenvalue weighted by atomic mass is 10.0. The predicted octanol–water partition coefficient (Wildman–Crippen LogP) is 4.02. The zero-order valence-corrected chi connectivity index (χ0v) is 19.9. The molecule has 0 atom stereocenters. The van der Waals surface area contributed by atoms with Gasteiger partial charge in [-0.2, -0.15) is 5.21 Å². The second kappa shape index (κ2) is 12.2. The highest BCUT2D eigenvalue weighted by Gasteiger charge is 2.23. The Balaban J connectivity index is 1.32. The maximum atomic E-state index is 12.8. The number of carbonyl (C=O) groups is 3. The van der Waals surface area contributed by atoms with Gasteiger partial charge in [0.1, 0.15) is 11.5 Å². The number of hydrogen-bond donors (Lipinski definition) is 3. The number of hydrogen-bond acceptors (Lipinski definition) is 8. The van der Waals surface area contributed by atoms with Crippen LogP contribution in [0, 0.1) is 0 Å². The summed E-state index contributed by atoms with van der Waals surface area (Å²) >= 11 is 0. The summed E-state index contributed by atoms with van der Waals surface area (Å²) < 4.78 is 5.77. The highest BCUT2D eigenvalue weighted by molar-refractivity contribution is 6.17. The van der Waals surface area contributed by atoms with Crippen molar-refractivity contribution in [2.24, 2.45) is 0 Å². The topological polar surface area (TPSA) is 147 Å². The summed E-state index contributed by atoms with van der Waals surface area (Å²) in [5.41, 5.74) is 1.53. The van der Waals surface area contributed by atoms with Crippen molar-refractivity contribution in [1.82, 2.24) is 20.6 Å². The van der Waals surface area contributed by atoms with Crippen LogP contribution in [-0.4, -0.2) is 49.8 Å². The van der Waals surface area contributed by atoms with Gasteiger partial charge in [-0.15, -0.1) is 10.2 Å². The molecule has 4 aromatic rings. The number of aryl methyl sites for hydroxylation is 1. The maximum absolute atomic E-state index is 12.8. The largest absolute Gasteiger partial charge is 0.507 e. The van der Waals surface area contributed by atoms with Crippen molar-refractivity contribution >= 4 is 23.2 Å². The first kappa shape index (κ1) is 25.2. The summed E-state index contributed by atoms with van der Waals surface area (Å²) in [5, 5.41) is 25.4. The number of Topliss-reactive ketones (excluding diaryl/α,β-unsaturated/α-hetero) is 2. The second-order valence-electron chi connectivity index (χ2n) is 8.23. The molecule has 3 aromatic carbocycles. The van der Waals surface area contributed by atoms with Crippen molar-refractivity contribution in [3.8, 4) is 11.5 Å². The van der Waals surface area contributed by atoms with Gasteiger partial charge in [0.15, 0.2) is 5.78 Å². The minimum Gasteiger partial charge on any atom is -0.507 e. The third kappa shape index (κ3) is 6.85. The Labute approximate surface area is 212 Å². The lowest BCUT2D eigenvalue weighted by Gasteiger charge is -2.12. The minimum absolute atomic E-state index is 0.0784. The van der Waals surface area contributed by atoms with E-state index in [2.05, 4.69) is 38.1 Å². The van der Waals surface area contributed by atoms with E-state index in [9.17, 15) is 19.5 Å². The van der Waals surface area contributed by atoms with Gasteiger partial charge in [0.2, 0.25) is 11.6 Å². The van der Waals surface area contributed by atoms with E-state index < -0.39 is 23.9 Å². The van der Waals surface area contributed by atoms with Crippen LogP contribution >= 0.6 is 0 Å². The van der Waals surface area contributed by atoms with Gasteiger partial charge in [0.25, 0.3) is 5.91 Å². The number of phenols is 1. The van der Waals surface area contributed by atoms with Crippen molar-refractivity contribution in [3.63, 3.8) is 0 Å². The lowest BCUT2D eigenvalue weighted by molar-refractivity contribution is 0.0887. The molecule has 0 bridgehead atoms. The van der Waals surface area contributed by atoms with Gasteiger partial charge < -0.3 is 15.2 Å². The average molecular weight is 500 g/mol. The van der Waals surface area contributed by atoms with Gasteiger partial charge in [0, 0.05) is 5.56 Å². The number of aromatic nitrogens is 4. The molecule has 0 spiro atoms. The maximum Gasteiger partial charge on any atom is 0.255 e. The summed E-state index contributed by atoms with van der Waals surface area (Å²) in [5.74, 6) is -1.82. The molecule has 0 saturated heterocycles. The molecular formula is C27H25N5O5. The molecule has 37 heavy (non-hydrogen) atoms. The monoisotopic (exact) mass is 499 g/mol. The van der Waals surface area contributed by atoms with E-state index in [1.165, 1.54) is 23.8 Å². The smallest absolute Gasteiger partial charge is 0.255 e. The first-order valence-electron chi connectivity index (χ1n) is 11.7. The zero-order chi connectivity index (χ0) is 26.0. The molecule has 0 aliphatic heterocycles. The standard InChI is InChI=1S/C27H25N5O5/c33-22-11-6-10-21(25(22)23(34)17-24(35)26-29-31-32-30-26)28-27(36)19-12-14-20(15-13-19)37-16-5-4-9-18-7-2-1-3-8-18/h1-3,6-8,10-15,33H,4-5,9,16-17H2,(H,28,36)(H,29,30,31,32). The summed E-state index contributed by atoms with van der Waals surface area (Å²) in [6.45, 7) is 0.565. The molecule has 0 fully saturated rings. The zero-order valence-electron chi connectivity index (χ0n) is 19.9. The number of ether oxygens (including phenoxy) is 1. The van der Waals surface area contributed by atoms with Gasteiger partial charge in [0.05, 0.1) is 24.3 Å². The molecular weight excluding hydrogens is 474 g/mol. The summed E-state index contributed by atoms with van der Waals surface area (Å²) in [6, 6.07) is 21.1. The summed E-state index contributed by atoms with van der Waals surface area (Å²) in [4.78, 5) is 37.7. The number of nitrogens with one attached hydrogen (secondary N) is 2. The molecule has 3 N–H and O–H groups in total. The van der Waals surface area contributed by atoms with Gasteiger partial charge in [-0.25, -0.2) is 0 Å². The predicted molar refractivity (Wildman–Crippen MR) is 135 cm³/mol. The Morgan fingerprint density at radius 3 is 2.41 bits per heavy atom. The number of aromatic hydroxyl groups is 1. The van der Waals surface area contributed by atoms with Crippen molar-refractivity contribution < 1.29 is 24.2 Å². The quantitative estimate of drug-likeness (QED) is 0.150. The van der Waals surface area contributed by atoms with Crippen LogP contribution in [0.1, 0.15) is 56.2 Å². The number of anilines is 1. The molecule has 0 unspecified atom stereocenters.